The zero-order valence-corrected chi connectivity index (χ0v) is 16.3. The summed E-state index contributed by atoms with van der Waals surface area (Å²) in [5.41, 5.74) is 0.492. The summed E-state index contributed by atoms with van der Waals surface area (Å²) in [5, 5.41) is 11.3. The maximum atomic E-state index is 12.4. The lowest BCUT2D eigenvalue weighted by molar-refractivity contribution is 0.102. The summed E-state index contributed by atoms with van der Waals surface area (Å²) in [6, 6.07) is 5.19. The molecule has 1 aromatic heterocycles. The molecule has 25 heavy (non-hydrogen) atoms. The fourth-order valence-electron chi connectivity index (χ4n) is 1.97. The monoisotopic (exact) mass is 381 g/mol. The van der Waals surface area contributed by atoms with Crippen LogP contribution in [0.1, 0.15) is 44.0 Å². The zero-order valence-electron chi connectivity index (χ0n) is 14.7. The first kappa shape index (κ1) is 19.5. The highest BCUT2D eigenvalue weighted by molar-refractivity contribution is 8.01. The van der Waals surface area contributed by atoms with Crippen LogP contribution in [0.15, 0.2) is 22.5 Å². The minimum atomic E-state index is -0.245. The highest BCUT2D eigenvalue weighted by atomic mass is 32.2. The maximum Gasteiger partial charge on any atom is 0.257 e. The molecule has 0 aliphatic carbocycles. The number of hydrogen-bond donors (Lipinski definition) is 1. The molecule has 0 saturated heterocycles. The van der Waals surface area contributed by atoms with Crippen LogP contribution in [0.3, 0.4) is 0 Å². The van der Waals surface area contributed by atoms with E-state index in [1.165, 1.54) is 11.3 Å². The Kier molecular flexibility index (Phi) is 8.00. The van der Waals surface area contributed by atoms with Gasteiger partial charge in [0.1, 0.15) is 0 Å². The van der Waals surface area contributed by atoms with Gasteiger partial charge in [-0.1, -0.05) is 43.4 Å². The third-order valence-corrected chi connectivity index (χ3v) is 5.01. The van der Waals surface area contributed by atoms with E-state index in [1.807, 2.05) is 13.8 Å². The molecule has 2 aromatic rings. The van der Waals surface area contributed by atoms with Gasteiger partial charge in [-0.15, -0.1) is 10.2 Å². The predicted molar refractivity (Wildman–Crippen MR) is 102 cm³/mol. The summed E-state index contributed by atoms with van der Waals surface area (Å²) in [6.07, 6.45) is 2.04. The van der Waals surface area contributed by atoms with Crippen LogP contribution in [0.5, 0.6) is 11.5 Å². The summed E-state index contributed by atoms with van der Waals surface area (Å²) >= 11 is 2.96. The predicted octanol–water partition coefficient (Wildman–Crippen LogP) is 4.48. The van der Waals surface area contributed by atoms with Gasteiger partial charge in [0, 0.05) is 5.56 Å². The Balaban J connectivity index is 2.08. The quantitative estimate of drug-likeness (QED) is 0.372. The van der Waals surface area contributed by atoms with E-state index in [1.54, 1.807) is 30.0 Å². The number of benzene rings is 1. The van der Waals surface area contributed by atoms with Crippen LogP contribution < -0.4 is 14.8 Å². The molecule has 0 aliphatic rings. The molecule has 8 heteroatoms. The van der Waals surface area contributed by atoms with Crippen LogP contribution in [0.2, 0.25) is 0 Å². The van der Waals surface area contributed by atoms with Crippen LogP contribution in [0, 0.1) is 0 Å². The third kappa shape index (κ3) is 5.89. The van der Waals surface area contributed by atoms with E-state index in [2.05, 4.69) is 22.4 Å². The molecule has 0 atom stereocenters. The molecule has 0 radical (unpaired) electrons. The standard InChI is InChI=1S/C17H23N3O3S2/c1-4-7-10-23-13-9-8-12(11-14(13)22-5-2)15(21)18-16-19-20-17(25-16)24-6-3/h8-9,11H,4-7,10H2,1-3H3,(H,18,19,21). The first-order valence-corrected chi connectivity index (χ1v) is 10.1. The smallest absolute Gasteiger partial charge is 0.257 e. The zero-order chi connectivity index (χ0) is 18.1. The van der Waals surface area contributed by atoms with E-state index >= 15 is 0 Å². The van der Waals surface area contributed by atoms with Crippen molar-refractivity contribution in [3.05, 3.63) is 23.8 Å². The number of thioether (sulfide) groups is 1. The number of unbranched alkanes of at least 4 members (excludes halogenated alkanes) is 1. The minimum absolute atomic E-state index is 0.245. The van der Waals surface area contributed by atoms with Gasteiger partial charge in [0.05, 0.1) is 13.2 Å². The Bertz CT molecular complexity index is 692. The number of carbonyl (C=O) groups is 1. The lowest BCUT2D eigenvalue weighted by Gasteiger charge is -2.13. The second-order valence-electron chi connectivity index (χ2n) is 5.06. The highest BCUT2D eigenvalue weighted by Gasteiger charge is 2.14. The van der Waals surface area contributed by atoms with Gasteiger partial charge in [-0.25, -0.2) is 0 Å². The van der Waals surface area contributed by atoms with E-state index in [4.69, 9.17) is 9.47 Å². The van der Waals surface area contributed by atoms with Crippen molar-refractivity contribution in [2.75, 3.05) is 24.3 Å². The summed E-state index contributed by atoms with van der Waals surface area (Å²) in [7, 11) is 0. The number of carbonyl (C=O) groups excluding carboxylic acids is 1. The van der Waals surface area contributed by atoms with E-state index in [0.717, 1.165) is 22.9 Å². The fourth-order valence-corrected chi connectivity index (χ4v) is 3.62. The topological polar surface area (TPSA) is 73.3 Å². The Labute approximate surface area is 156 Å². The summed E-state index contributed by atoms with van der Waals surface area (Å²) < 4.78 is 12.2. The number of nitrogens with zero attached hydrogens (tertiary/aromatic N) is 2. The van der Waals surface area contributed by atoms with Crippen molar-refractivity contribution in [1.29, 1.82) is 0 Å². The van der Waals surface area contributed by atoms with Gasteiger partial charge in [-0.05, 0) is 37.3 Å². The summed E-state index contributed by atoms with van der Waals surface area (Å²) in [5.74, 6) is 1.90. The van der Waals surface area contributed by atoms with Gasteiger partial charge < -0.3 is 9.47 Å². The van der Waals surface area contributed by atoms with Crippen LogP contribution >= 0.6 is 23.1 Å². The largest absolute Gasteiger partial charge is 0.490 e. The molecule has 1 aromatic carbocycles. The Hall–Kier alpha value is -1.80. The third-order valence-electron chi connectivity index (χ3n) is 3.16. The Morgan fingerprint density at radius 3 is 2.76 bits per heavy atom. The van der Waals surface area contributed by atoms with Crippen molar-refractivity contribution in [3.8, 4) is 11.5 Å². The van der Waals surface area contributed by atoms with Crippen molar-refractivity contribution in [2.45, 2.75) is 38.0 Å². The molecule has 2 rings (SSSR count). The van der Waals surface area contributed by atoms with Crippen LogP contribution in [-0.4, -0.2) is 35.1 Å². The molecule has 6 nitrogen and oxygen atoms in total. The molecule has 1 N–H and O–H groups in total. The van der Waals surface area contributed by atoms with Crippen molar-refractivity contribution in [3.63, 3.8) is 0 Å². The molecule has 1 heterocycles. The molecule has 0 spiro atoms. The number of hydrogen-bond acceptors (Lipinski definition) is 7. The van der Waals surface area contributed by atoms with Gasteiger partial charge >= 0.3 is 0 Å². The average Bonchev–Trinajstić information content (AvgIpc) is 3.04. The average molecular weight is 382 g/mol. The summed E-state index contributed by atoms with van der Waals surface area (Å²) in [4.78, 5) is 12.4. The molecular formula is C17H23N3O3S2. The van der Waals surface area contributed by atoms with Gasteiger partial charge in [0.25, 0.3) is 5.91 Å². The Morgan fingerprint density at radius 2 is 2.04 bits per heavy atom. The number of ether oxygens (including phenoxy) is 2. The van der Waals surface area contributed by atoms with E-state index in [9.17, 15) is 4.79 Å². The molecule has 0 fully saturated rings. The van der Waals surface area contributed by atoms with E-state index in [-0.39, 0.29) is 5.91 Å². The molecule has 1 amide bonds. The first-order chi connectivity index (χ1) is 12.2. The number of amides is 1. The van der Waals surface area contributed by atoms with Crippen molar-refractivity contribution < 1.29 is 14.3 Å². The Morgan fingerprint density at radius 1 is 1.20 bits per heavy atom. The molecule has 0 unspecified atom stereocenters. The van der Waals surface area contributed by atoms with E-state index < -0.39 is 0 Å². The lowest BCUT2D eigenvalue weighted by Crippen LogP contribution is -2.12. The number of aromatic nitrogens is 2. The van der Waals surface area contributed by atoms with Gasteiger partial charge in [-0.3, -0.25) is 10.1 Å². The van der Waals surface area contributed by atoms with Gasteiger partial charge in [0.2, 0.25) is 5.13 Å². The van der Waals surface area contributed by atoms with Crippen molar-refractivity contribution in [1.82, 2.24) is 10.2 Å². The lowest BCUT2D eigenvalue weighted by atomic mass is 10.2. The van der Waals surface area contributed by atoms with Gasteiger partial charge in [-0.2, -0.15) is 0 Å². The second-order valence-corrected chi connectivity index (χ2v) is 7.55. The van der Waals surface area contributed by atoms with Crippen LogP contribution in [0.25, 0.3) is 0 Å². The second kappa shape index (κ2) is 10.2. The first-order valence-electron chi connectivity index (χ1n) is 8.35. The van der Waals surface area contributed by atoms with Crippen LogP contribution in [-0.2, 0) is 0 Å². The maximum absolute atomic E-state index is 12.4. The van der Waals surface area contributed by atoms with Crippen molar-refractivity contribution in [2.24, 2.45) is 0 Å². The SMILES string of the molecule is CCCCOc1ccc(C(=O)Nc2nnc(SCC)s2)cc1OCC. The molecule has 0 aliphatic heterocycles. The minimum Gasteiger partial charge on any atom is -0.490 e. The van der Waals surface area contributed by atoms with Gasteiger partial charge in [0.15, 0.2) is 15.8 Å². The molecular weight excluding hydrogens is 358 g/mol. The highest BCUT2D eigenvalue weighted by Crippen LogP contribution is 2.30. The fraction of sp³-hybridized carbons (Fsp3) is 0.471. The van der Waals surface area contributed by atoms with Crippen molar-refractivity contribution >= 4 is 34.1 Å². The van der Waals surface area contributed by atoms with E-state index in [0.29, 0.717) is 35.4 Å². The number of rotatable bonds is 10. The molecule has 0 saturated carbocycles. The van der Waals surface area contributed by atoms with Crippen LogP contribution in [0.4, 0.5) is 5.13 Å². The number of anilines is 1. The molecule has 0 bridgehead atoms. The summed E-state index contributed by atoms with van der Waals surface area (Å²) in [6.45, 7) is 7.19. The normalized spacial score (nSPS) is 10.5. The number of nitrogens with one attached hydrogen (secondary N) is 1. The molecule has 136 valence electrons.